The predicted molar refractivity (Wildman–Crippen MR) is 93.7 cm³/mol. The molecule has 4 N–H and O–H groups in total. The molecule has 1 aromatic carbocycles. The fourth-order valence-corrected chi connectivity index (χ4v) is 2.76. The Morgan fingerprint density at radius 2 is 2.04 bits per heavy atom. The lowest BCUT2D eigenvalue weighted by Gasteiger charge is -2.18. The van der Waals surface area contributed by atoms with E-state index in [1.54, 1.807) is 18.5 Å². The quantitative estimate of drug-likeness (QED) is 0.384. The Balaban J connectivity index is 1.56. The summed E-state index contributed by atoms with van der Waals surface area (Å²) in [6.07, 6.45) is 2.25. The fourth-order valence-electron chi connectivity index (χ4n) is 2.76. The molecule has 0 aliphatic heterocycles. The largest absolute Gasteiger partial charge is 0.394 e. The molecular weight excluding hydrogens is 353 g/mol. The minimum absolute atomic E-state index is 0.118. The zero-order valence-corrected chi connectivity index (χ0v) is 14.0. The highest BCUT2D eigenvalue weighted by atomic mass is 19.1. The molecule has 0 aliphatic carbocycles. The molecule has 0 saturated carbocycles. The van der Waals surface area contributed by atoms with Crippen molar-refractivity contribution in [3.05, 3.63) is 66.1 Å². The molecule has 0 amide bonds. The smallest absolute Gasteiger partial charge is 0.246 e. The Bertz CT molecular complexity index is 1050. The lowest BCUT2D eigenvalue weighted by molar-refractivity contribution is 0.0935. The van der Waals surface area contributed by atoms with Crippen molar-refractivity contribution < 1.29 is 19.1 Å². The first-order valence-electron chi connectivity index (χ1n) is 8.22. The van der Waals surface area contributed by atoms with Gasteiger partial charge in [0.25, 0.3) is 0 Å². The van der Waals surface area contributed by atoms with Crippen molar-refractivity contribution in [1.29, 1.82) is 0 Å². The number of aliphatic hydroxyl groups excluding tert-OH is 2. The molecule has 3 aromatic heterocycles. The van der Waals surface area contributed by atoms with Gasteiger partial charge < -0.3 is 19.7 Å². The van der Waals surface area contributed by atoms with Gasteiger partial charge in [-0.3, -0.25) is 5.32 Å². The van der Waals surface area contributed by atoms with Gasteiger partial charge in [0.05, 0.1) is 6.61 Å². The lowest BCUT2D eigenvalue weighted by atomic mass is 10.1. The fraction of sp³-hybridized carbons (Fsp3) is 0.167. The molecule has 0 fully saturated rings. The number of fused-ring (bicyclic) bond motifs is 1. The van der Waals surface area contributed by atoms with Crippen LogP contribution in [0.2, 0.25) is 0 Å². The summed E-state index contributed by atoms with van der Waals surface area (Å²) >= 11 is 0. The Kier molecular flexibility index (Phi) is 4.63. The Labute approximate surface area is 152 Å². The van der Waals surface area contributed by atoms with Gasteiger partial charge in [0.2, 0.25) is 11.7 Å². The molecule has 0 bridgehead atoms. The van der Waals surface area contributed by atoms with E-state index in [1.165, 1.54) is 24.3 Å². The van der Waals surface area contributed by atoms with Crippen LogP contribution in [0.15, 0.2) is 53.3 Å². The van der Waals surface area contributed by atoms with Crippen LogP contribution in [0.3, 0.4) is 0 Å². The third-order valence-corrected chi connectivity index (χ3v) is 4.16. The first-order valence-corrected chi connectivity index (χ1v) is 8.22. The van der Waals surface area contributed by atoms with E-state index in [0.717, 1.165) is 5.39 Å². The molecule has 4 rings (SSSR count). The third kappa shape index (κ3) is 3.43. The zero-order valence-electron chi connectivity index (χ0n) is 14.0. The number of H-pyrrole nitrogens is 1. The standard InChI is InChI=1S/C18H16FN5O3/c19-11-5-3-10(4-6-11)17(26)22-14(9-25)18-23-16(24-27-18)13-8-21-15-12(13)2-1-7-20-15/h1-8,14,17,22,25-26H,9H2,(H,20,21)/t14-,17?/m0/s1. The summed E-state index contributed by atoms with van der Waals surface area (Å²) in [4.78, 5) is 11.6. The number of benzene rings is 1. The van der Waals surface area contributed by atoms with Crippen molar-refractivity contribution in [1.82, 2.24) is 25.4 Å². The highest BCUT2D eigenvalue weighted by Gasteiger charge is 2.23. The number of nitrogens with one attached hydrogen (secondary N) is 2. The van der Waals surface area contributed by atoms with Gasteiger partial charge in [0.15, 0.2) is 0 Å². The highest BCUT2D eigenvalue weighted by Crippen LogP contribution is 2.26. The van der Waals surface area contributed by atoms with Crippen LogP contribution in [0.1, 0.15) is 23.7 Å². The van der Waals surface area contributed by atoms with E-state index in [-0.39, 0.29) is 12.5 Å². The SMILES string of the molecule is OC[C@H](NC(O)c1ccc(F)cc1)c1nc(-c2c[nH]c3ncccc23)no1. The number of aromatic amines is 1. The van der Waals surface area contributed by atoms with Crippen LogP contribution < -0.4 is 5.32 Å². The Hall–Kier alpha value is -3.14. The maximum atomic E-state index is 13.0. The second-order valence-corrected chi connectivity index (χ2v) is 5.91. The van der Waals surface area contributed by atoms with Crippen molar-refractivity contribution in [3.8, 4) is 11.4 Å². The van der Waals surface area contributed by atoms with Crippen LogP contribution in [0, 0.1) is 5.82 Å². The first-order chi connectivity index (χ1) is 13.2. The number of pyridine rings is 1. The molecule has 0 aliphatic rings. The van der Waals surface area contributed by atoms with Crippen molar-refractivity contribution in [3.63, 3.8) is 0 Å². The summed E-state index contributed by atoms with van der Waals surface area (Å²) in [5.41, 5.74) is 1.85. The third-order valence-electron chi connectivity index (χ3n) is 4.16. The van der Waals surface area contributed by atoms with Crippen LogP contribution in [-0.2, 0) is 0 Å². The number of aromatic nitrogens is 4. The second-order valence-electron chi connectivity index (χ2n) is 5.91. The summed E-state index contributed by atoms with van der Waals surface area (Å²) < 4.78 is 18.3. The van der Waals surface area contributed by atoms with Gasteiger partial charge >= 0.3 is 0 Å². The highest BCUT2D eigenvalue weighted by molar-refractivity contribution is 5.91. The zero-order chi connectivity index (χ0) is 18.8. The molecule has 1 unspecified atom stereocenters. The van der Waals surface area contributed by atoms with Gasteiger partial charge in [-0.1, -0.05) is 17.3 Å². The molecule has 3 heterocycles. The van der Waals surface area contributed by atoms with E-state index in [4.69, 9.17) is 4.52 Å². The molecule has 0 spiro atoms. The monoisotopic (exact) mass is 369 g/mol. The average Bonchev–Trinajstić information content (AvgIpc) is 3.33. The Morgan fingerprint density at radius 3 is 2.81 bits per heavy atom. The molecule has 138 valence electrons. The average molecular weight is 369 g/mol. The number of halogens is 1. The van der Waals surface area contributed by atoms with E-state index in [9.17, 15) is 14.6 Å². The van der Waals surface area contributed by atoms with Gasteiger partial charge in [-0.05, 0) is 29.8 Å². The van der Waals surface area contributed by atoms with Crippen molar-refractivity contribution in [2.24, 2.45) is 0 Å². The molecular formula is C18H16FN5O3. The number of hydrogen-bond donors (Lipinski definition) is 4. The second kappa shape index (κ2) is 7.23. The number of nitrogens with zero attached hydrogens (tertiary/aromatic N) is 3. The van der Waals surface area contributed by atoms with Crippen LogP contribution in [0.5, 0.6) is 0 Å². The van der Waals surface area contributed by atoms with Crippen molar-refractivity contribution in [2.45, 2.75) is 12.3 Å². The maximum absolute atomic E-state index is 13.0. The topological polar surface area (TPSA) is 120 Å². The van der Waals surface area contributed by atoms with E-state index < -0.39 is 18.1 Å². The molecule has 2 atom stereocenters. The minimum atomic E-state index is -1.14. The van der Waals surface area contributed by atoms with Crippen LogP contribution in [0.25, 0.3) is 22.4 Å². The molecule has 0 radical (unpaired) electrons. The molecule has 8 nitrogen and oxygen atoms in total. The normalized spacial score (nSPS) is 13.7. The minimum Gasteiger partial charge on any atom is -0.394 e. The van der Waals surface area contributed by atoms with Crippen LogP contribution in [-0.4, -0.2) is 36.9 Å². The van der Waals surface area contributed by atoms with E-state index in [1.807, 2.05) is 6.07 Å². The van der Waals surface area contributed by atoms with Gasteiger partial charge in [-0.15, -0.1) is 0 Å². The summed E-state index contributed by atoms with van der Waals surface area (Å²) in [5, 5.41) is 27.5. The first kappa shape index (κ1) is 17.3. The van der Waals surface area contributed by atoms with Crippen LogP contribution >= 0.6 is 0 Å². The maximum Gasteiger partial charge on any atom is 0.246 e. The van der Waals surface area contributed by atoms with Crippen molar-refractivity contribution >= 4 is 11.0 Å². The van der Waals surface area contributed by atoms with Gasteiger partial charge in [-0.2, -0.15) is 4.98 Å². The Morgan fingerprint density at radius 1 is 1.22 bits per heavy atom. The van der Waals surface area contributed by atoms with Gasteiger partial charge in [0.1, 0.15) is 23.7 Å². The van der Waals surface area contributed by atoms with E-state index in [0.29, 0.717) is 22.6 Å². The van der Waals surface area contributed by atoms with E-state index >= 15 is 0 Å². The summed E-state index contributed by atoms with van der Waals surface area (Å²) in [5.74, 6) is 0.0482. The molecule has 9 heteroatoms. The van der Waals surface area contributed by atoms with E-state index in [2.05, 4.69) is 25.4 Å². The van der Waals surface area contributed by atoms with Crippen molar-refractivity contribution in [2.75, 3.05) is 6.61 Å². The lowest BCUT2D eigenvalue weighted by Crippen LogP contribution is -2.29. The summed E-state index contributed by atoms with van der Waals surface area (Å²) in [7, 11) is 0. The van der Waals surface area contributed by atoms with Crippen LogP contribution in [0.4, 0.5) is 4.39 Å². The number of hydrogen-bond acceptors (Lipinski definition) is 7. The number of aliphatic hydroxyl groups is 2. The van der Waals surface area contributed by atoms with Gasteiger partial charge in [0, 0.05) is 23.3 Å². The molecule has 27 heavy (non-hydrogen) atoms. The summed E-state index contributed by atoms with van der Waals surface area (Å²) in [6.45, 7) is -0.380. The van der Waals surface area contributed by atoms with Gasteiger partial charge in [-0.25, -0.2) is 9.37 Å². The molecule has 4 aromatic rings. The molecule has 0 saturated heterocycles. The summed E-state index contributed by atoms with van der Waals surface area (Å²) in [6, 6.07) is 8.25. The number of rotatable bonds is 6. The predicted octanol–water partition coefficient (Wildman–Crippen LogP) is 2.07.